The van der Waals surface area contributed by atoms with E-state index in [1.165, 1.54) is 25.3 Å². The van der Waals surface area contributed by atoms with Crippen molar-refractivity contribution in [3.63, 3.8) is 0 Å². The van der Waals surface area contributed by atoms with E-state index in [4.69, 9.17) is 4.74 Å². The summed E-state index contributed by atoms with van der Waals surface area (Å²) in [6.07, 6.45) is 5.17. The van der Waals surface area contributed by atoms with Crippen LogP contribution in [0.4, 0.5) is 4.39 Å². The second-order valence-corrected chi connectivity index (χ2v) is 5.84. The van der Waals surface area contributed by atoms with Crippen LogP contribution in [0.3, 0.4) is 0 Å². The molecule has 1 saturated carbocycles. The fourth-order valence-corrected chi connectivity index (χ4v) is 3.06. The van der Waals surface area contributed by atoms with Crippen molar-refractivity contribution in [2.24, 2.45) is 0 Å². The van der Waals surface area contributed by atoms with Crippen LogP contribution in [0.15, 0.2) is 24.3 Å². The molecule has 1 nitrogen and oxygen atoms in total. The van der Waals surface area contributed by atoms with Gasteiger partial charge in [0.1, 0.15) is 5.82 Å². The SMILES string of the molecule is Fc1ccccc1COC1CCCCC1I. The highest BCUT2D eigenvalue weighted by Gasteiger charge is 2.23. The Morgan fingerprint density at radius 1 is 1.25 bits per heavy atom. The molecule has 0 aliphatic heterocycles. The van der Waals surface area contributed by atoms with E-state index in [1.807, 2.05) is 6.07 Å². The Labute approximate surface area is 110 Å². The Bertz CT molecular complexity index is 342. The first-order valence-electron chi connectivity index (χ1n) is 5.76. The standard InChI is InChI=1S/C13H16FIO/c14-11-6-2-1-5-10(11)9-16-13-8-4-3-7-12(13)15/h1-2,5-6,12-13H,3-4,7-9H2. The minimum absolute atomic E-state index is 0.164. The molecule has 1 aromatic rings. The third-order valence-electron chi connectivity index (χ3n) is 3.03. The second kappa shape index (κ2) is 5.96. The third-order valence-corrected chi connectivity index (χ3v) is 4.46. The van der Waals surface area contributed by atoms with Gasteiger partial charge in [0.15, 0.2) is 0 Å². The quantitative estimate of drug-likeness (QED) is 0.598. The first-order chi connectivity index (χ1) is 7.77. The summed E-state index contributed by atoms with van der Waals surface area (Å²) in [6, 6.07) is 6.84. The molecular weight excluding hydrogens is 318 g/mol. The normalized spacial score (nSPS) is 25.6. The van der Waals surface area contributed by atoms with Crippen molar-refractivity contribution in [2.75, 3.05) is 0 Å². The van der Waals surface area contributed by atoms with Gasteiger partial charge < -0.3 is 4.74 Å². The van der Waals surface area contributed by atoms with Gasteiger partial charge in [-0.25, -0.2) is 4.39 Å². The fourth-order valence-electron chi connectivity index (χ4n) is 2.05. The smallest absolute Gasteiger partial charge is 0.128 e. The summed E-state index contributed by atoms with van der Waals surface area (Å²) in [7, 11) is 0. The highest BCUT2D eigenvalue weighted by Crippen LogP contribution is 2.28. The van der Waals surface area contributed by atoms with E-state index in [2.05, 4.69) is 22.6 Å². The maximum Gasteiger partial charge on any atom is 0.128 e. The molecule has 0 heterocycles. The first kappa shape index (κ1) is 12.3. The highest BCUT2D eigenvalue weighted by molar-refractivity contribution is 14.1. The van der Waals surface area contributed by atoms with Crippen LogP contribution in [-0.2, 0) is 11.3 Å². The Kier molecular flexibility index (Phi) is 4.58. The van der Waals surface area contributed by atoms with E-state index in [1.54, 1.807) is 12.1 Å². The molecule has 1 aliphatic rings. The Morgan fingerprint density at radius 2 is 2.00 bits per heavy atom. The lowest BCUT2D eigenvalue weighted by atomic mass is 9.98. The van der Waals surface area contributed by atoms with Gasteiger partial charge in [0.2, 0.25) is 0 Å². The molecule has 0 bridgehead atoms. The van der Waals surface area contributed by atoms with Crippen molar-refractivity contribution in [3.05, 3.63) is 35.6 Å². The van der Waals surface area contributed by atoms with Crippen molar-refractivity contribution in [1.29, 1.82) is 0 Å². The predicted octanol–water partition coefficient (Wildman–Crippen LogP) is 4.09. The lowest BCUT2D eigenvalue weighted by Crippen LogP contribution is -2.27. The van der Waals surface area contributed by atoms with Crippen molar-refractivity contribution in [2.45, 2.75) is 42.3 Å². The molecule has 2 atom stereocenters. The van der Waals surface area contributed by atoms with Crippen molar-refractivity contribution >= 4 is 22.6 Å². The molecule has 16 heavy (non-hydrogen) atoms. The van der Waals surface area contributed by atoms with Crippen LogP contribution in [0.25, 0.3) is 0 Å². The van der Waals surface area contributed by atoms with Crippen LogP contribution < -0.4 is 0 Å². The zero-order valence-electron chi connectivity index (χ0n) is 9.16. The van der Waals surface area contributed by atoms with Crippen LogP contribution in [0.1, 0.15) is 31.2 Å². The Balaban J connectivity index is 1.89. The molecule has 0 saturated heterocycles. The Morgan fingerprint density at radius 3 is 2.75 bits per heavy atom. The summed E-state index contributed by atoms with van der Waals surface area (Å²) in [4.78, 5) is 0. The monoisotopic (exact) mass is 334 g/mol. The number of halogens is 2. The van der Waals surface area contributed by atoms with E-state index in [0.717, 1.165) is 6.42 Å². The molecule has 1 aromatic carbocycles. The molecule has 0 aromatic heterocycles. The van der Waals surface area contributed by atoms with E-state index < -0.39 is 0 Å². The molecule has 0 N–H and O–H groups in total. The van der Waals surface area contributed by atoms with Gasteiger partial charge in [0, 0.05) is 9.49 Å². The lowest BCUT2D eigenvalue weighted by Gasteiger charge is -2.27. The minimum atomic E-state index is -0.164. The maximum atomic E-state index is 13.4. The minimum Gasteiger partial charge on any atom is -0.372 e. The Hall–Kier alpha value is -0.160. The van der Waals surface area contributed by atoms with Crippen LogP contribution >= 0.6 is 22.6 Å². The van der Waals surface area contributed by atoms with Crippen molar-refractivity contribution in [1.82, 2.24) is 0 Å². The molecular formula is C13H16FIO. The molecule has 88 valence electrons. The van der Waals surface area contributed by atoms with E-state index in [-0.39, 0.29) is 5.82 Å². The summed E-state index contributed by atoms with van der Waals surface area (Å²) >= 11 is 2.45. The molecule has 2 rings (SSSR count). The van der Waals surface area contributed by atoms with E-state index in [0.29, 0.717) is 22.2 Å². The number of hydrogen-bond acceptors (Lipinski definition) is 1. The fraction of sp³-hybridized carbons (Fsp3) is 0.538. The van der Waals surface area contributed by atoms with Crippen LogP contribution in [0, 0.1) is 5.82 Å². The summed E-state index contributed by atoms with van der Waals surface area (Å²) in [6.45, 7) is 0.400. The summed E-state index contributed by atoms with van der Waals surface area (Å²) in [5, 5.41) is 0. The molecule has 1 fully saturated rings. The van der Waals surface area contributed by atoms with Crippen LogP contribution in [0.2, 0.25) is 0 Å². The number of rotatable bonds is 3. The van der Waals surface area contributed by atoms with E-state index >= 15 is 0 Å². The lowest BCUT2D eigenvalue weighted by molar-refractivity contribution is 0.0232. The largest absolute Gasteiger partial charge is 0.372 e. The summed E-state index contributed by atoms with van der Waals surface area (Å²) < 4.78 is 19.8. The molecule has 0 spiro atoms. The average molecular weight is 334 g/mol. The topological polar surface area (TPSA) is 9.23 Å². The summed E-state index contributed by atoms with van der Waals surface area (Å²) in [5.74, 6) is -0.164. The summed E-state index contributed by atoms with van der Waals surface area (Å²) in [5.41, 5.74) is 0.664. The van der Waals surface area contributed by atoms with Gasteiger partial charge in [-0.05, 0) is 18.9 Å². The zero-order valence-corrected chi connectivity index (χ0v) is 11.3. The van der Waals surface area contributed by atoms with Gasteiger partial charge in [-0.1, -0.05) is 53.6 Å². The molecule has 3 heteroatoms. The molecule has 1 aliphatic carbocycles. The van der Waals surface area contributed by atoms with Crippen molar-refractivity contribution < 1.29 is 9.13 Å². The van der Waals surface area contributed by atoms with Gasteiger partial charge in [0.25, 0.3) is 0 Å². The van der Waals surface area contributed by atoms with Gasteiger partial charge >= 0.3 is 0 Å². The van der Waals surface area contributed by atoms with Gasteiger partial charge in [-0.15, -0.1) is 0 Å². The van der Waals surface area contributed by atoms with Crippen LogP contribution in [0.5, 0.6) is 0 Å². The number of hydrogen-bond donors (Lipinski definition) is 0. The molecule has 0 amide bonds. The zero-order chi connectivity index (χ0) is 11.4. The van der Waals surface area contributed by atoms with Crippen LogP contribution in [-0.4, -0.2) is 10.0 Å². The third kappa shape index (κ3) is 3.17. The molecule has 0 radical (unpaired) electrons. The second-order valence-electron chi connectivity index (χ2n) is 4.24. The number of ether oxygens (including phenoxy) is 1. The highest BCUT2D eigenvalue weighted by atomic mass is 127. The van der Waals surface area contributed by atoms with Gasteiger partial charge in [-0.3, -0.25) is 0 Å². The van der Waals surface area contributed by atoms with Crippen molar-refractivity contribution in [3.8, 4) is 0 Å². The average Bonchev–Trinajstić information content (AvgIpc) is 2.30. The van der Waals surface area contributed by atoms with E-state index in [9.17, 15) is 4.39 Å². The number of alkyl halides is 1. The van der Waals surface area contributed by atoms with Gasteiger partial charge in [0.05, 0.1) is 12.7 Å². The van der Waals surface area contributed by atoms with Gasteiger partial charge in [-0.2, -0.15) is 0 Å². The molecule has 2 unspecified atom stereocenters. The number of benzene rings is 1. The maximum absolute atomic E-state index is 13.4. The predicted molar refractivity (Wildman–Crippen MR) is 71.3 cm³/mol. The first-order valence-corrected chi connectivity index (χ1v) is 7.01.